The van der Waals surface area contributed by atoms with E-state index in [2.05, 4.69) is 10.0 Å². The van der Waals surface area contributed by atoms with Gasteiger partial charge in [0.1, 0.15) is 17.1 Å². The number of anilines is 1. The average Bonchev–Trinajstić information content (AvgIpc) is 2.61. The average molecular weight is 439 g/mol. The molecule has 2 aromatic rings. The number of carbonyl (C=O) groups excluding carboxylic acids is 1. The molecule has 1 aliphatic rings. The lowest BCUT2D eigenvalue weighted by atomic mass is 9.89. The van der Waals surface area contributed by atoms with E-state index in [1.165, 1.54) is 18.2 Å². The summed E-state index contributed by atoms with van der Waals surface area (Å²) in [5.74, 6) is 0.915. The molecule has 2 aromatic carbocycles. The number of rotatable bonds is 5. The van der Waals surface area contributed by atoms with Crippen molar-refractivity contribution in [1.29, 1.82) is 0 Å². The van der Waals surface area contributed by atoms with Crippen molar-refractivity contribution in [2.24, 2.45) is 0 Å². The Morgan fingerprint density at radius 1 is 1.24 bits per heavy atom. The minimum atomic E-state index is -3.48. The van der Waals surface area contributed by atoms with Crippen LogP contribution in [0.3, 0.4) is 0 Å². The Balaban J connectivity index is 1.92. The lowest BCUT2D eigenvalue weighted by Crippen LogP contribution is -2.41. The molecule has 1 heterocycles. The minimum Gasteiger partial charge on any atom is -0.497 e. The largest absolute Gasteiger partial charge is 0.497 e. The molecule has 0 saturated heterocycles. The third-order valence-electron chi connectivity index (χ3n) is 4.49. The van der Waals surface area contributed by atoms with Gasteiger partial charge >= 0.3 is 0 Å². The molecule has 0 bridgehead atoms. The van der Waals surface area contributed by atoms with Crippen molar-refractivity contribution in [3.63, 3.8) is 0 Å². The molecule has 9 heteroatoms. The fourth-order valence-electron chi connectivity index (χ4n) is 3.30. The summed E-state index contributed by atoms with van der Waals surface area (Å²) in [5.41, 5.74) is 0.757. The third kappa shape index (κ3) is 5.13. The maximum atomic E-state index is 13.0. The van der Waals surface area contributed by atoms with E-state index in [0.29, 0.717) is 17.9 Å². The van der Waals surface area contributed by atoms with Crippen molar-refractivity contribution in [2.75, 3.05) is 18.1 Å². The van der Waals surface area contributed by atoms with Gasteiger partial charge in [-0.1, -0.05) is 11.6 Å². The van der Waals surface area contributed by atoms with Gasteiger partial charge in [0.25, 0.3) is 5.91 Å². The van der Waals surface area contributed by atoms with E-state index in [1.807, 2.05) is 26.0 Å². The summed E-state index contributed by atoms with van der Waals surface area (Å²) in [6.45, 7) is 3.89. The zero-order valence-corrected chi connectivity index (χ0v) is 18.1. The van der Waals surface area contributed by atoms with Gasteiger partial charge in [0.2, 0.25) is 10.0 Å². The normalized spacial score (nSPS) is 17.6. The van der Waals surface area contributed by atoms with Gasteiger partial charge in [0.15, 0.2) is 0 Å². The predicted octanol–water partition coefficient (Wildman–Crippen LogP) is 3.75. The first-order valence-electron chi connectivity index (χ1n) is 8.92. The van der Waals surface area contributed by atoms with Crippen molar-refractivity contribution in [3.05, 3.63) is 52.5 Å². The van der Waals surface area contributed by atoms with Crippen LogP contribution < -0.4 is 19.5 Å². The number of carbonyl (C=O) groups is 1. The lowest BCUT2D eigenvalue weighted by molar-refractivity contribution is 0.0618. The van der Waals surface area contributed by atoms with Crippen LogP contribution >= 0.6 is 11.6 Å². The second-order valence-corrected chi connectivity index (χ2v) is 9.72. The van der Waals surface area contributed by atoms with Gasteiger partial charge in [0.05, 0.1) is 30.0 Å². The number of hydrogen-bond acceptors (Lipinski definition) is 5. The van der Waals surface area contributed by atoms with E-state index in [0.717, 1.165) is 11.8 Å². The molecule has 3 rings (SSSR count). The van der Waals surface area contributed by atoms with Gasteiger partial charge in [0, 0.05) is 17.7 Å². The minimum absolute atomic E-state index is 0.175. The molecule has 0 aromatic heterocycles. The van der Waals surface area contributed by atoms with Crippen molar-refractivity contribution < 1.29 is 22.7 Å². The molecule has 0 fully saturated rings. The number of ether oxygens (including phenoxy) is 2. The molecule has 0 saturated carbocycles. The van der Waals surface area contributed by atoms with E-state index < -0.39 is 21.5 Å². The number of sulfonamides is 1. The topological polar surface area (TPSA) is 93.7 Å². The predicted molar refractivity (Wildman–Crippen MR) is 112 cm³/mol. The number of fused-ring (bicyclic) bond motifs is 1. The summed E-state index contributed by atoms with van der Waals surface area (Å²) in [4.78, 5) is 13.0. The lowest BCUT2D eigenvalue weighted by Gasteiger charge is -2.38. The number of benzene rings is 2. The van der Waals surface area contributed by atoms with Gasteiger partial charge in [-0.05, 0) is 50.2 Å². The van der Waals surface area contributed by atoms with Crippen LogP contribution in [0.25, 0.3) is 0 Å². The summed E-state index contributed by atoms with van der Waals surface area (Å²) in [6, 6.07) is 9.51. The molecule has 156 valence electrons. The third-order valence-corrected chi connectivity index (χ3v) is 5.43. The van der Waals surface area contributed by atoms with Crippen LogP contribution in [0.15, 0.2) is 36.4 Å². The highest BCUT2D eigenvalue weighted by Gasteiger charge is 2.35. The molecule has 0 unspecified atom stereocenters. The van der Waals surface area contributed by atoms with Gasteiger partial charge < -0.3 is 14.8 Å². The summed E-state index contributed by atoms with van der Waals surface area (Å²) >= 11 is 6.20. The molecule has 7 nitrogen and oxygen atoms in total. The Morgan fingerprint density at radius 3 is 2.62 bits per heavy atom. The van der Waals surface area contributed by atoms with Crippen LogP contribution in [0.2, 0.25) is 5.02 Å². The van der Waals surface area contributed by atoms with Crippen molar-refractivity contribution in [3.8, 4) is 11.5 Å². The monoisotopic (exact) mass is 438 g/mol. The van der Waals surface area contributed by atoms with Crippen LogP contribution in [0.1, 0.15) is 42.2 Å². The Kier molecular flexibility index (Phi) is 5.69. The Bertz CT molecular complexity index is 1050. The molecular weight excluding hydrogens is 416 g/mol. The quantitative estimate of drug-likeness (QED) is 0.741. The second-order valence-electron chi connectivity index (χ2n) is 7.56. The molecule has 1 amide bonds. The Morgan fingerprint density at radius 2 is 1.97 bits per heavy atom. The van der Waals surface area contributed by atoms with E-state index >= 15 is 0 Å². The maximum absolute atomic E-state index is 13.0. The summed E-state index contributed by atoms with van der Waals surface area (Å²) < 4.78 is 36.6. The van der Waals surface area contributed by atoms with Crippen LogP contribution in [0.4, 0.5) is 5.69 Å². The zero-order valence-electron chi connectivity index (χ0n) is 16.6. The molecule has 0 aliphatic carbocycles. The van der Waals surface area contributed by atoms with E-state index in [4.69, 9.17) is 21.1 Å². The van der Waals surface area contributed by atoms with Crippen LogP contribution in [0, 0.1) is 0 Å². The van der Waals surface area contributed by atoms with Crippen LogP contribution in [-0.2, 0) is 10.0 Å². The summed E-state index contributed by atoms with van der Waals surface area (Å²) in [5, 5.41) is 3.21. The number of nitrogens with one attached hydrogen (secondary N) is 2. The van der Waals surface area contributed by atoms with Gasteiger partial charge in [-0.25, -0.2) is 8.42 Å². The summed E-state index contributed by atoms with van der Waals surface area (Å²) in [7, 11) is -1.91. The van der Waals surface area contributed by atoms with Crippen molar-refractivity contribution >= 4 is 33.2 Å². The zero-order chi connectivity index (χ0) is 21.4. The van der Waals surface area contributed by atoms with Crippen LogP contribution in [0.5, 0.6) is 11.5 Å². The van der Waals surface area contributed by atoms with Gasteiger partial charge in [-0.2, -0.15) is 0 Å². The molecule has 1 aliphatic heterocycles. The first-order valence-corrected chi connectivity index (χ1v) is 11.2. The Labute approximate surface area is 175 Å². The second kappa shape index (κ2) is 7.76. The molecular formula is C20H23ClN2O5S. The molecule has 29 heavy (non-hydrogen) atoms. The van der Waals surface area contributed by atoms with Gasteiger partial charge in [-0.15, -0.1) is 0 Å². The molecule has 0 spiro atoms. The molecule has 1 atom stereocenters. The van der Waals surface area contributed by atoms with E-state index in [9.17, 15) is 13.2 Å². The standard InChI is InChI=1S/C20H23ClN2O5S/c1-20(2)11-17(15-10-13(27-3)6-8-18(15)28-20)22-19(24)14-9-12(5-7-16(14)21)23-29(4,25)26/h5-10,17,23H,11H2,1-4H3,(H,22,24)/t17-/m0/s1. The maximum Gasteiger partial charge on any atom is 0.253 e. The number of amides is 1. The van der Waals surface area contributed by atoms with Crippen LogP contribution in [-0.4, -0.2) is 33.3 Å². The van der Waals surface area contributed by atoms with E-state index in [-0.39, 0.29) is 22.3 Å². The first kappa shape index (κ1) is 21.3. The van der Waals surface area contributed by atoms with Gasteiger partial charge in [-0.3, -0.25) is 9.52 Å². The highest BCUT2D eigenvalue weighted by atomic mass is 35.5. The SMILES string of the molecule is COc1ccc2c(c1)[C@@H](NC(=O)c1cc(NS(C)(=O)=O)ccc1Cl)CC(C)(C)O2. The number of hydrogen-bond donors (Lipinski definition) is 2. The fraction of sp³-hybridized carbons (Fsp3) is 0.350. The smallest absolute Gasteiger partial charge is 0.253 e. The highest BCUT2D eigenvalue weighted by Crippen LogP contribution is 2.41. The fourth-order valence-corrected chi connectivity index (χ4v) is 4.06. The van der Waals surface area contributed by atoms with Crippen molar-refractivity contribution in [1.82, 2.24) is 5.32 Å². The summed E-state index contributed by atoms with van der Waals surface area (Å²) in [6.07, 6.45) is 1.58. The highest BCUT2D eigenvalue weighted by molar-refractivity contribution is 7.92. The van der Waals surface area contributed by atoms with E-state index in [1.54, 1.807) is 13.2 Å². The molecule has 2 N–H and O–H groups in total. The Hall–Kier alpha value is -2.45. The first-order chi connectivity index (χ1) is 13.5. The molecule has 0 radical (unpaired) electrons. The number of methoxy groups -OCH3 is 1. The van der Waals surface area contributed by atoms with Crippen molar-refractivity contribution in [2.45, 2.75) is 31.9 Å². The number of halogens is 1.